The van der Waals surface area contributed by atoms with Gasteiger partial charge in [0.15, 0.2) is 0 Å². The maximum absolute atomic E-state index is 10.6. The van der Waals surface area contributed by atoms with Crippen molar-refractivity contribution < 1.29 is 15.0 Å². The van der Waals surface area contributed by atoms with Crippen LogP contribution in [-0.2, 0) is 0 Å². The van der Waals surface area contributed by atoms with Crippen LogP contribution in [0.1, 0.15) is 24.2 Å². The summed E-state index contributed by atoms with van der Waals surface area (Å²) >= 11 is 0. The fourth-order valence-corrected chi connectivity index (χ4v) is 1.14. The van der Waals surface area contributed by atoms with Crippen LogP contribution in [0.15, 0.2) is 18.3 Å². The molecule has 0 bridgehead atoms. The number of carbonyl (C=O) groups is 1. The number of nitrogens with one attached hydrogen (secondary N) is 1. The first-order valence-electron chi connectivity index (χ1n) is 5.11. The molecule has 2 atom stereocenters. The highest BCUT2D eigenvalue weighted by Gasteiger charge is 2.11. The van der Waals surface area contributed by atoms with Gasteiger partial charge in [0.25, 0.3) is 0 Å². The molecule has 5 heteroatoms. The lowest BCUT2D eigenvalue weighted by Gasteiger charge is -2.19. The lowest BCUT2D eigenvalue weighted by molar-refractivity contribution is 0.0696. The normalized spacial score (nSPS) is 14.2. The fourth-order valence-electron chi connectivity index (χ4n) is 1.14. The number of hydrogen-bond acceptors (Lipinski definition) is 4. The van der Waals surface area contributed by atoms with Gasteiger partial charge < -0.3 is 15.5 Å². The Hall–Kier alpha value is -1.62. The summed E-state index contributed by atoms with van der Waals surface area (Å²) in [6.07, 6.45) is 1.31. The van der Waals surface area contributed by atoms with Crippen LogP contribution in [0.2, 0.25) is 0 Å². The molecule has 2 unspecified atom stereocenters. The molecule has 0 radical (unpaired) electrons. The average molecular weight is 224 g/mol. The SMILES string of the molecule is CC(CO)C(C)Nc1ccc(C(=O)O)cn1. The molecule has 5 nitrogen and oxygen atoms in total. The molecule has 0 saturated heterocycles. The molecule has 0 amide bonds. The standard InChI is InChI=1S/C11H16N2O3/c1-7(6-14)8(2)13-10-4-3-9(5-12-10)11(15)16/h3-5,7-8,14H,6H2,1-2H3,(H,12,13)(H,15,16). The van der Waals surface area contributed by atoms with E-state index in [-0.39, 0.29) is 24.1 Å². The Morgan fingerprint density at radius 2 is 2.19 bits per heavy atom. The number of aliphatic hydroxyl groups is 1. The molecule has 1 aromatic heterocycles. The smallest absolute Gasteiger partial charge is 0.337 e. The van der Waals surface area contributed by atoms with Crippen LogP contribution in [-0.4, -0.2) is 33.8 Å². The van der Waals surface area contributed by atoms with Crippen LogP contribution < -0.4 is 5.32 Å². The summed E-state index contributed by atoms with van der Waals surface area (Å²) in [5.41, 5.74) is 0.161. The largest absolute Gasteiger partial charge is 0.478 e. The molecule has 0 saturated carbocycles. The lowest BCUT2D eigenvalue weighted by Crippen LogP contribution is -2.26. The maximum Gasteiger partial charge on any atom is 0.337 e. The molecule has 0 fully saturated rings. The number of hydrogen-bond donors (Lipinski definition) is 3. The van der Waals surface area contributed by atoms with Crippen molar-refractivity contribution in [1.29, 1.82) is 0 Å². The van der Waals surface area contributed by atoms with Crippen molar-refractivity contribution in [2.24, 2.45) is 5.92 Å². The molecule has 1 heterocycles. The summed E-state index contributed by atoms with van der Waals surface area (Å²) < 4.78 is 0. The van der Waals surface area contributed by atoms with Crippen molar-refractivity contribution in [3.05, 3.63) is 23.9 Å². The minimum absolute atomic E-state index is 0.0770. The van der Waals surface area contributed by atoms with Gasteiger partial charge in [-0.15, -0.1) is 0 Å². The second kappa shape index (κ2) is 5.46. The summed E-state index contributed by atoms with van der Waals surface area (Å²) in [6, 6.07) is 3.19. The first-order valence-corrected chi connectivity index (χ1v) is 5.11. The summed E-state index contributed by atoms with van der Waals surface area (Å²) in [5, 5.41) is 20.7. The highest BCUT2D eigenvalue weighted by atomic mass is 16.4. The van der Waals surface area contributed by atoms with Gasteiger partial charge >= 0.3 is 5.97 Å². The Bertz CT molecular complexity index is 351. The molecule has 0 spiro atoms. The third-order valence-electron chi connectivity index (χ3n) is 2.53. The molecule has 16 heavy (non-hydrogen) atoms. The van der Waals surface area contributed by atoms with E-state index in [9.17, 15) is 4.79 Å². The number of pyridine rings is 1. The Kier molecular flexibility index (Phi) is 4.25. The van der Waals surface area contributed by atoms with Crippen molar-refractivity contribution in [3.8, 4) is 0 Å². The molecule has 3 N–H and O–H groups in total. The van der Waals surface area contributed by atoms with Gasteiger partial charge in [-0.05, 0) is 25.0 Å². The van der Waals surface area contributed by atoms with E-state index >= 15 is 0 Å². The minimum Gasteiger partial charge on any atom is -0.478 e. The predicted octanol–water partition coefficient (Wildman–Crippen LogP) is 1.21. The quantitative estimate of drug-likeness (QED) is 0.700. The van der Waals surface area contributed by atoms with E-state index in [1.165, 1.54) is 12.3 Å². The number of carboxylic acid groups (broad SMARTS) is 1. The number of aromatic carboxylic acids is 1. The van der Waals surface area contributed by atoms with Crippen LogP contribution in [0, 0.1) is 5.92 Å². The zero-order valence-electron chi connectivity index (χ0n) is 9.34. The number of rotatable bonds is 5. The summed E-state index contributed by atoms with van der Waals surface area (Å²) in [4.78, 5) is 14.6. The molecular formula is C11H16N2O3. The van der Waals surface area contributed by atoms with E-state index in [0.717, 1.165) is 0 Å². The predicted molar refractivity (Wildman–Crippen MR) is 60.5 cm³/mol. The zero-order chi connectivity index (χ0) is 12.1. The fraction of sp³-hybridized carbons (Fsp3) is 0.455. The van der Waals surface area contributed by atoms with Gasteiger partial charge in [-0.25, -0.2) is 9.78 Å². The number of carboxylic acids is 1. The lowest BCUT2D eigenvalue weighted by atomic mass is 10.1. The molecule has 1 aromatic rings. The van der Waals surface area contributed by atoms with Crippen molar-refractivity contribution in [3.63, 3.8) is 0 Å². The van der Waals surface area contributed by atoms with Crippen molar-refractivity contribution >= 4 is 11.8 Å². The van der Waals surface area contributed by atoms with E-state index in [2.05, 4.69) is 10.3 Å². The Morgan fingerprint density at radius 1 is 1.50 bits per heavy atom. The summed E-state index contributed by atoms with van der Waals surface area (Å²) in [5.74, 6) is -0.269. The first kappa shape index (κ1) is 12.4. The van der Waals surface area contributed by atoms with Gasteiger partial charge in [0.05, 0.1) is 5.56 Å². The second-order valence-corrected chi connectivity index (χ2v) is 3.83. The number of aromatic nitrogens is 1. The molecule has 0 aliphatic heterocycles. The maximum atomic E-state index is 10.6. The highest BCUT2D eigenvalue weighted by Crippen LogP contribution is 2.10. The highest BCUT2D eigenvalue weighted by molar-refractivity contribution is 5.87. The molecule has 0 aliphatic carbocycles. The molecular weight excluding hydrogens is 208 g/mol. The Labute approximate surface area is 94.1 Å². The number of anilines is 1. The summed E-state index contributed by atoms with van der Waals surface area (Å²) in [6.45, 7) is 3.96. The second-order valence-electron chi connectivity index (χ2n) is 3.83. The van der Waals surface area contributed by atoms with Crippen molar-refractivity contribution in [2.45, 2.75) is 19.9 Å². The Morgan fingerprint density at radius 3 is 2.62 bits per heavy atom. The molecule has 1 rings (SSSR count). The van der Waals surface area contributed by atoms with Gasteiger partial charge in [0.2, 0.25) is 0 Å². The molecule has 88 valence electrons. The van der Waals surface area contributed by atoms with Crippen LogP contribution in [0.4, 0.5) is 5.82 Å². The van der Waals surface area contributed by atoms with Gasteiger partial charge in [-0.3, -0.25) is 0 Å². The van der Waals surface area contributed by atoms with Crippen molar-refractivity contribution in [2.75, 3.05) is 11.9 Å². The van der Waals surface area contributed by atoms with E-state index in [0.29, 0.717) is 5.82 Å². The third-order valence-corrected chi connectivity index (χ3v) is 2.53. The molecule has 0 aromatic carbocycles. The third kappa shape index (κ3) is 3.20. The van der Waals surface area contributed by atoms with Gasteiger partial charge in [-0.2, -0.15) is 0 Å². The number of aliphatic hydroxyl groups excluding tert-OH is 1. The first-order chi connectivity index (χ1) is 7.54. The minimum atomic E-state index is -0.990. The van der Waals surface area contributed by atoms with Gasteiger partial charge in [-0.1, -0.05) is 6.92 Å². The zero-order valence-corrected chi connectivity index (χ0v) is 9.34. The topological polar surface area (TPSA) is 82.5 Å². The van der Waals surface area contributed by atoms with E-state index in [1.807, 2.05) is 13.8 Å². The van der Waals surface area contributed by atoms with Gasteiger partial charge in [0.1, 0.15) is 5.82 Å². The van der Waals surface area contributed by atoms with E-state index in [4.69, 9.17) is 10.2 Å². The van der Waals surface area contributed by atoms with Crippen LogP contribution in [0.25, 0.3) is 0 Å². The monoisotopic (exact) mass is 224 g/mol. The van der Waals surface area contributed by atoms with Crippen LogP contribution >= 0.6 is 0 Å². The average Bonchev–Trinajstić information content (AvgIpc) is 2.28. The van der Waals surface area contributed by atoms with Crippen LogP contribution in [0.5, 0.6) is 0 Å². The Balaban J connectivity index is 2.65. The summed E-state index contributed by atoms with van der Waals surface area (Å²) in [7, 11) is 0. The van der Waals surface area contributed by atoms with Gasteiger partial charge in [0, 0.05) is 18.8 Å². The van der Waals surface area contributed by atoms with Crippen molar-refractivity contribution in [1.82, 2.24) is 4.98 Å². The van der Waals surface area contributed by atoms with Crippen LogP contribution in [0.3, 0.4) is 0 Å². The van der Waals surface area contributed by atoms with E-state index in [1.54, 1.807) is 6.07 Å². The number of nitrogens with zero attached hydrogens (tertiary/aromatic N) is 1. The molecule has 0 aliphatic rings. The van der Waals surface area contributed by atoms with E-state index < -0.39 is 5.97 Å².